The van der Waals surface area contributed by atoms with Gasteiger partial charge in [-0.2, -0.15) is 13.7 Å². The highest BCUT2D eigenvalue weighted by atomic mass is 32.2. The Bertz CT molecular complexity index is 1210. The molecule has 1 aliphatic heterocycles. The van der Waals surface area contributed by atoms with E-state index in [-0.39, 0.29) is 42.7 Å². The number of nitrogens with zero attached hydrogens (tertiary/aromatic N) is 5. The van der Waals surface area contributed by atoms with Gasteiger partial charge in [0.05, 0.1) is 4.90 Å². The smallest absolute Gasteiger partial charge is 0.406 e. The molecule has 0 radical (unpaired) electrons. The Kier molecular flexibility index (Phi) is 5.26. The van der Waals surface area contributed by atoms with Crippen molar-refractivity contribution in [2.75, 3.05) is 31.1 Å². The van der Waals surface area contributed by atoms with Gasteiger partial charge in [0.15, 0.2) is 0 Å². The first-order valence-corrected chi connectivity index (χ1v) is 11.1. The minimum atomic E-state index is -4.87. The van der Waals surface area contributed by atoms with Gasteiger partial charge in [-0.25, -0.2) is 8.42 Å². The molecule has 166 valence electrons. The first-order valence-electron chi connectivity index (χ1n) is 8.77. The van der Waals surface area contributed by atoms with E-state index in [4.69, 9.17) is 0 Å². The van der Waals surface area contributed by atoms with Crippen LogP contribution >= 0.6 is 11.3 Å². The van der Waals surface area contributed by atoms with Crippen molar-refractivity contribution in [1.82, 2.24) is 13.7 Å². The summed E-state index contributed by atoms with van der Waals surface area (Å²) in [5.74, 6) is -0.543. The molecule has 4 rings (SSSR count). The molecule has 0 saturated carbocycles. The highest BCUT2D eigenvalue weighted by Gasteiger charge is 2.34. The quantitative estimate of drug-likeness (QED) is 0.410. The van der Waals surface area contributed by atoms with Crippen LogP contribution in [0.15, 0.2) is 40.7 Å². The number of sulfonamides is 1. The van der Waals surface area contributed by atoms with Crippen molar-refractivity contribution in [1.29, 1.82) is 0 Å². The van der Waals surface area contributed by atoms with Crippen LogP contribution in [0, 0.1) is 10.1 Å². The standard InChI is InChI=1S/C16H14F3N5O5S2/c17-16(18,19)29-11-1-3-12(4-2-11)31(27,28)22-7-5-21(6-8-22)13-14(24(25)26)23-9-10-30-15(23)20-13/h1-4,9-10H,5-8H2. The fraction of sp³-hybridized carbons (Fsp3) is 0.312. The zero-order valence-corrected chi connectivity index (χ0v) is 17.2. The summed E-state index contributed by atoms with van der Waals surface area (Å²) >= 11 is 1.24. The number of hydrogen-bond acceptors (Lipinski definition) is 8. The molecular formula is C16H14F3N5O5S2. The van der Waals surface area contributed by atoms with Crippen LogP contribution in [0.3, 0.4) is 0 Å². The lowest BCUT2D eigenvalue weighted by Crippen LogP contribution is -2.48. The fourth-order valence-electron chi connectivity index (χ4n) is 3.25. The van der Waals surface area contributed by atoms with Gasteiger partial charge in [-0.05, 0) is 29.2 Å². The maximum atomic E-state index is 12.8. The molecular weight excluding hydrogens is 463 g/mol. The molecule has 1 fully saturated rings. The molecule has 3 aromatic rings. The Labute approximate surface area is 177 Å². The van der Waals surface area contributed by atoms with Crippen molar-refractivity contribution in [3.8, 4) is 5.75 Å². The van der Waals surface area contributed by atoms with Crippen LogP contribution in [-0.4, -0.2) is 59.6 Å². The molecule has 10 nitrogen and oxygen atoms in total. The van der Waals surface area contributed by atoms with E-state index in [1.54, 1.807) is 16.5 Å². The van der Waals surface area contributed by atoms with Gasteiger partial charge in [-0.3, -0.25) is 0 Å². The molecule has 3 heterocycles. The zero-order chi connectivity index (χ0) is 22.4. The number of thiazole rings is 1. The minimum absolute atomic E-state index is 0.0332. The number of anilines is 1. The number of imidazole rings is 1. The molecule has 0 bridgehead atoms. The van der Waals surface area contributed by atoms with Gasteiger partial charge in [0.25, 0.3) is 4.96 Å². The van der Waals surface area contributed by atoms with Gasteiger partial charge in [-0.1, -0.05) is 11.3 Å². The van der Waals surface area contributed by atoms with Gasteiger partial charge in [0.2, 0.25) is 15.8 Å². The normalized spacial score (nSPS) is 16.0. The molecule has 1 aromatic carbocycles. The monoisotopic (exact) mass is 477 g/mol. The van der Waals surface area contributed by atoms with Crippen LogP contribution in [0.4, 0.5) is 24.8 Å². The number of aromatic nitrogens is 2. The number of ether oxygens (including phenoxy) is 1. The zero-order valence-electron chi connectivity index (χ0n) is 15.5. The molecule has 31 heavy (non-hydrogen) atoms. The molecule has 2 aromatic heterocycles. The number of hydrogen-bond donors (Lipinski definition) is 0. The third-order valence-corrected chi connectivity index (χ3v) is 7.29. The topological polar surface area (TPSA) is 110 Å². The summed E-state index contributed by atoms with van der Waals surface area (Å²) in [6.07, 6.45) is -3.33. The van der Waals surface area contributed by atoms with Crippen LogP contribution in [0.25, 0.3) is 4.96 Å². The second-order valence-corrected chi connectivity index (χ2v) is 9.29. The number of benzene rings is 1. The van der Waals surface area contributed by atoms with Gasteiger partial charge in [0.1, 0.15) is 11.9 Å². The Morgan fingerprint density at radius 2 is 1.77 bits per heavy atom. The maximum absolute atomic E-state index is 12.8. The lowest BCUT2D eigenvalue weighted by atomic mass is 10.3. The Morgan fingerprint density at radius 3 is 2.35 bits per heavy atom. The average molecular weight is 477 g/mol. The number of alkyl halides is 3. The first-order chi connectivity index (χ1) is 14.6. The van der Waals surface area contributed by atoms with Crippen LogP contribution in [0.5, 0.6) is 5.75 Å². The molecule has 1 aliphatic rings. The third kappa shape index (κ3) is 4.15. The van der Waals surface area contributed by atoms with E-state index in [0.29, 0.717) is 4.96 Å². The van der Waals surface area contributed by atoms with Crippen LogP contribution in [0.2, 0.25) is 0 Å². The summed E-state index contributed by atoms with van der Waals surface area (Å²) in [6.45, 7) is 0.400. The van der Waals surface area contributed by atoms with Gasteiger partial charge in [0, 0.05) is 31.6 Å². The van der Waals surface area contributed by atoms with E-state index in [1.165, 1.54) is 20.0 Å². The van der Waals surface area contributed by atoms with Crippen LogP contribution in [0.1, 0.15) is 0 Å². The van der Waals surface area contributed by atoms with Crippen molar-refractivity contribution in [2.24, 2.45) is 0 Å². The van der Waals surface area contributed by atoms with Crippen molar-refractivity contribution in [2.45, 2.75) is 11.3 Å². The summed E-state index contributed by atoms with van der Waals surface area (Å²) in [4.78, 5) is 17.2. The minimum Gasteiger partial charge on any atom is -0.406 e. The molecule has 0 unspecified atom stereocenters. The Hall–Kier alpha value is -2.91. The van der Waals surface area contributed by atoms with E-state index in [2.05, 4.69) is 9.72 Å². The first kappa shape index (κ1) is 21.3. The van der Waals surface area contributed by atoms with Crippen molar-refractivity contribution < 1.29 is 31.2 Å². The summed E-state index contributed by atoms with van der Waals surface area (Å²) in [6, 6.07) is 3.93. The predicted molar refractivity (Wildman–Crippen MR) is 104 cm³/mol. The number of rotatable bonds is 5. The number of piperazine rings is 1. The molecule has 0 atom stereocenters. The van der Waals surface area contributed by atoms with E-state index in [1.807, 2.05) is 0 Å². The van der Waals surface area contributed by atoms with E-state index >= 15 is 0 Å². The van der Waals surface area contributed by atoms with Crippen molar-refractivity contribution >= 4 is 38.0 Å². The number of halogens is 3. The van der Waals surface area contributed by atoms with E-state index in [0.717, 1.165) is 24.3 Å². The molecule has 0 spiro atoms. The molecule has 0 aliphatic carbocycles. The Morgan fingerprint density at radius 1 is 1.13 bits per heavy atom. The SMILES string of the molecule is O=[N+]([O-])c1c(N2CCN(S(=O)(=O)c3ccc(OC(F)(F)F)cc3)CC2)nc2sccn12. The van der Waals surface area contributed by atoms with E-state index < -0.39 is 27.1 Å². The van der Waals surface area contributed by atoms with Crippen LogP contribution in [-0.2, 0) is 10.0 Å². The maximum Gasteiger partial charge on any atom is 0.573 e. The fourth-order valence-corrected chi connectivity index (χ4v) is 5.37. The predicted octanol–water partition coefficient (Wildman–Crippen LogP) is 2.71. The summed E-state index contributed by atoms with van der Waals surface area (Å²) in [7, 11) is -3.96. The third-order valence-electron chi connectivity index (χ3n) is 4.63. The summed E-state index contributed by atoms with van der Waals surface area (Å²) in [5.41, 5.74) is 0. The van der Waals surface area contributed by atoms with Gasteiger partial charge >= 0.3 is 12.2 Å². The highest BCUT2D eigenvalue weighted by Crippen LogP contribution is 2.32. The number of nitro groups is 1. The van der Waals surface area contributed by atoms with Gasteiger partial charge < -0.3 is 19.8 Å². The van der Waals surface area contributed by atoms with Crippen molar-refractivity contribution in [3.63, 3.8) is 0 Å². The molecule has 15 heteroatoms. The lowest BCUT2D eigenvalue weighted by Gasteiger charge is -2.33. The van der Waals surface area contributed by atoms with Gasteiger partial charge in [-0.15, -0.1) is 13.2 Å². The highest BCUT2D eigenvalue weighted by molar-refractivity contribution is 7.89. The van der Waals surface area contributed by atoms with E-state index in [9.17, 15) is 31.7 Å². The molecule has 0 amide bonds. The average Bonchev–Trinajstić information content (AvgIpc) is 3.28. The second-order valence-electron chi connectivity index (χ2n) is 6.48. The molecule has 1 saturated heterocycles. The summed E-state index contributed by atoms with van der Waals surface area (Å²) < 4.78 is 68.7. The van der Waals surface area contributed by atoms with Crippen molar-refractivity contribution in [3.05, 3.63) is 46.0 Å². The lowest BCUT2D eigenvalue weighted by molar-refractivity contribution is -0.389. The Balaban J connectivity index is 1.49. The number of fused-ring (bicyclic) bond motifs is 1. The summed E-state index contributed by atoms with van der Waals surface area (Å²) in [5, 5.41) is 13.2. The molecule has 0 N–H and O–H groups in total. The second kappa shape index (κ2) is 7.65. The van der Waals surface area contributed by atoms with Crippen LogP contribution < -0.4 is 9.64 Å². The largest absolute Gasteiger partial charge is 0.573 e.